The first-order valence-corrected chi connectivity index (χ1v) is 8.92. The molecule has 1 aliphatic heterocycles. The van der Waals surface area contributed by atoms with Gasteiger partial charge in [0.15, 0.2) is 0 Å². The number of amides is 1. The predicted molar refractivity (Wildman–Crippen MR) is 100 cm³/mol. The molecule has 1 amide bonds. The molecular formula is C19H20BrNO4. The van der Waals surface area contributed by atoms with Crippen molar-refractivity contribution in [3.63, 3.8) is 0 Å². The van der Waals surface area contributed by atoms with Crippen LogP contribution in [0.3, 0.4) is 0 Å². The Morgan fingerprint density at radius 3 is 2.80 bits per heavy atom. The summed E-state index contributed by atoms with van der Waals surface area (Å²) in [5, 5.41) is 2.92. The maximum absolute atomic E-state index is 12.6. The van der Waals surface area contributed by atoms with Gasteiger partial charge in [-0.25, -0.2) is 0 Å². The lowest BCUT2D eigenvalue weighted by Gasteiger charge is -2.14. The van der Waals surface area contributed by atoms with Crippen molar-refractivity contribution >= 4 is 27.5 Å². The van der Waals surface area contributed by atoms with Crippen LogP contribution < -0.4 is 19.5 Å². The van der Waals surface area contributed by atoms with Gasteiger partial charge < -0.3 is 19.5 Å². The molecule has 0 spiro atoms. The first kappa shape index (κ1) is 17.6. The Bertz CT molecular complexity index is 806. The van der Waals surface area contributed by atoms with Crippen LogP contribution in [0.15, 0.2) is 34.8 Å². The highest BCUT2D eigenvalue weighted by Gasteiger charge is 2.23. The fourth-order valence-corrected chi connectivity index (χ4v) is 3.35. The molecule has 1 N–H and O–H groups in total. The molecule has 0 aliphatic carbocycles. The number of hydrogen-bond acceptors (Lipinski definition) is 4. The number of nitrogens with one attached hydrogen (secondary N) is 1. The number of rotatable bonds is 5. The normalized spacial score (nSPS) is 15.3. The van der Waals surface area contributed by atoms with E-state index in [4.69, 9.17) is 14.2 Å². The van der Waals surface area contributed by atoms with Gasteiger partial charge in [-0.3, -0.25) is 4.79 Å². The summed E-state index contributed by atoms with van der Waals surface area (Å²) in [4.78, 5) is 12.6. The molecule has 0 fully saturated rings. The van der Waals surface area contributed by atoms with Gasteiger partial charge in [0.1, 0.15) is 23.4 Å². The second kappa shape index (κ2) is 7.35. The standard InChI is InChI=1S/C19H20BrNO4/c1-4-24-18-9-13-7-11(2)25-17(13)10-15(18)21-19(22)12-5-6-16(23-3)14(20)8-12/h5-6,8-11H,4,7H2,1-3H3,(H,21,22)/t11-/m1/s1. The van der Waals surface area contributed by atoms with Crippen LogP contribution in [-0.4, -0.2) is 25.7 Å². The molecule has 0 aromatic heterocycles. The van der Waals surface area contributed by atoms with E-state index in [0.717, 1.165) is 22.2 Å². The van der Waals surface area contributed by atoms with Crippen molar-refractivity contribution in [3.05, 3.63) is 45.9 Å². The molecule has 2 aromatic rings. The summed E-state index contributed by atoms with van der Waals surface area (Å²) < 4.78 is 17.4. The molecule has 25 heavy (non-hydrogen) atoms. The number of ether oxygens (including phenoxy) is 3. The average Bonchev–Trinajstić information content (AvgIpc) is 2.94. The van der Waals surface area contributed by atoms with Crippen LogP contribution in [0, 0.1) is 0 Å². The van der Waals surface area contributed by atoms with E-state index in [9.17, 15) is 4.79 Å². The van der Waals surface area contributed by atoms with Gasteiger partial charge in [0.2, 0.25) is 0 Å². The molecule has 0 bridgehead atoms. The molecule has 2 aromatic carbocycles. The third kappa shape index (κ3) is 3.74. The monoisotopic (exact) mass is 405 g/mol. The Labute approximate surface area is 155 Å². The highest BCUT2D eigenvalue weighted by atomic mass is 79.9. The summed E-state index contributed by atoms with van der Waals surface area (Å²) in [7, 11) is 1.58. The Morgan fingerprint density at radius 1 is 1.32 bits per heavy atom. The molecule has 0 saturated carbocycles. The Morgan fingerprint density at radius 2 is 2.12 bits per heavy atom. The van der Waals surface area contributed by atoms with E-state index < -0.39 is 0 Å². The number of benzene rings is 2. The largest absolute Gasteiger partial charge is 0.496 e. The van der Waals surface area contributed by atoms with E-state index in [2.05, 4.69) is 21.2 Å². The first-order chi connectivity index (χ1) is 12.0. The molecule has 0 radical (unpaired) electrons. The summed E-state index contributed by atoms with van der Waals surface area (Å²) >= 11 is 3.40. The minimum atomic E-state index is -0.227. The minimum Gasteiger partial charge on any atom is -0.496 e. The molecule has 6 heteroatoms. The number of halogens is 1. The zero-order valence-corrected chi connectivity index (χ0v) is 16.0. The van der Waals surface area contributed by atoms with Crippen molar-refractivity contribution in [1.82, 2.24) is 0 Å². The van der Waals surface area contributed by atoms with Crippen LogP contribution in [0.1, 0.15) is 29.8 Å². The topological polar surface area (TPSA) is 56.8 Å². The van der Waals surface area contributed by atoms with E-state index in [-0.39, 0.29) is 12.0 Å². The van der Waals surface area contributed by atoms with Gasteiger partial charge in [0.25, 0.3) is 5.91 Å². The zero-order chi connectivity index (χ0) is 18.0. The van der Waals surface area contributed by atoms with Gasteiger partial charge in [-0.15, -0.1) is 0 Å². The third-order valence-electron chi connectivity index (χ3n) is 3.96. The number of methoxy groups -OCH3 is 1. The lowest BCUT2D eigenvalue weighted by molar-refractivity contribution is 0.102. The molecule has 0 saturated heterocycles. The highest BCUT2D eigenvalue weighted by molar-refractivity contribution is 9.10. The predicted octanol–water partition coefficient (Wildman–Crippen LogP) is 4.43. The fourth-order valence-electron chi connectivity index (χ4n) is 2.81. The van der Waals surface area contributed by atoms with Gasteiger partial charge in [-0.2, -0.15) is 0 Å². The summed E-state index contributed by atoms with van der Waals surface area (Å²) in [5.74, 6) is 1.89. The summed E-state index contributed by atoms with van der Waals surface area (Å²) in [6.45, 7) is 4.46. The Kier molecular flexibility index (Phi) is 5.18. The molecule has 0 unspecified atom stereocenters. The van der Waals surface area contributed by atoms with E-state index in [1.165, 1.54) is 0 Å². The van der Waals surface area contributed by atoms with E-state index >= 15 is 0 Å². The molecule has 5 nitrogen and oxygen atoms in total. The van der Waals surface area contributed by atoms with Crippen molar-refractivity contribution in [1.29, 1.82) is 0 Å². The van der Waals surface area contributed by atoms with Crippen molar-refractivity contribution in [3.8, 4) is 17.2 Å². The van der Waals surface area contributed by atoms with Crippen LogP contribution >= 0.6 is 15.9 Å². The van der Waals surface area contributed by atoms with Gasteiger partial charge in [0, 0.05) is 23.6 Å². The maximum atomic E-state index is 12.6. The maximum Gasteiger partial charge on any atom is 0.255 e. The van der Waals surface area contributed by atoms with Gasteiger partial charge >= 0.3 is 0 Å². The fraction of sp³-hybridized carbons (Fsp3) is 0.316. The smallest absolute Gasteiger partial charge is 0.255 e. The van der Waals surface area contributed by atoms with Crippen LogP contribution in [0.2, 0.25) is 0 Å². The summed E-state index contributed by atoms with van der Waals surface area (Å²) in [6.07, 6.45) is 0.975. The summed E-state index contributed by atoms with van der Waals surface area (Å²) in [6, 6.07) is 8.96. The average molecular weight is 406 g/mol. The Balaban J connectivity index is 1.87. The molecule has 132 valence electrons. The molecule has 1 aliphatic rings. The van der Waals surface area contributed by atoms with Crippen molar-refractivity contribution in [2.45, 2.75) is 26.4 Å². The quantitative estimate of drug-likeness (QED) is 0.798. The van der Waals surface area contributed by atoms with Crippen molar-refractivity contribution in [2.24, 2.45) is 0 Å². The SMILES string of the molecule is CCOc1cc2c(cc1NC(=O)c1ccc(OC)c(Br)c1)O[C@H](C)C2. The van der Waals surface area contributed by atoms with Gasteiger partial charge in [-0.1, -0.05) is 0 Å². The number of anilines is 1. The van der Waals surface area contributed by atoms with Gasteiger partial charge in [-0.05, 0) is 54.0 Å². The first-order valence-electron chi connectivity index (χ1n) is 8.13. The lowest BCUT2D eigenvalue weighted by atomic mass is 10.1. The number of carbonyl (C=O) groups excluding carboxylic acids is 1. The van der Waals surface area contributed by atoms with Crippen LogP contribution in [0.5, 0.6) is 17.2 Å². The lowest BCUT2D eigenvalue weighted by Crippen LogP contribution is -2.13. The van der Waals surface area contributed by atoms with E-state index in [0.29, 0.717) is 29.4 Å². The summed E-state index contributed by atoms with van der Waals surface area (Å²) in [5.41, 5.74) is 2.22. The molecule has 3 rings (SSSR count). The highest BCUT2D eigenvalue weighted by Crippen LogP contribution is 2.38. The molecule has 1 atom stereocenters. The number of fused-ring (bicyclic) bond motifs is 1. The second-order valence-corrected chi connectivity index (χ2v) is 6.68. The molecule has 1 heterocycles. The minimum absolute atomic E-state index is 0.132. The zero-order valence-electron chi connectivity index (χ0n) is 14.4. The number of carbonyl (C=O) groups is 1. The molecular weight excluding hydrogens is 386 g/mol. The van der Waals surface area contributed by atoms with Crippen LogP contribution in [-0.2, 0) is 6.42 Å². The van der Waals surface area contributed by atoms with Crippen LogP contribution in [0.4, 0.5) is 5.69 Å². The van der Waals surface area contributed by atoms with Crippen molar-refractivity contribution < 1.29 is 19.0 Å². The van der Waals surface area contributed by atoms with Crippen LogP contribution in [0.25, 0.3) is 0 Å². The van der Waals surface area contributed by atoms with Crippen molar-refractivity contribution in [2.75, 3.05) is 19.0 Å². The van der Waals surface area contributed by atoms with E-state index in [1.54, 1.807) is 25.3 Å². The third-order valence-corrected chi connectivity index (χ3v) is 4.58. The number of hydrogen-bond donors (Lipinski definition) is 1. The van der Waals surface area contributed by atoms with E-state index in [1.807, 2.05) is 26.0 Å². The van der Waals surface area contributed by atoms with Gasteiger partial charge in [0.05, 0.1) is 23.9 Å². The second-order valence-electron chi connectivity index (χ2n) is 5.83. The Hall–Kier alpha value is -2.21.